The molecule has 1 fully saturated rings. The van der Waals surface area contributed by atoms with E-state index in [1.165, 1.54) is 23.9 Å². The number of aryl methyl sites for hydroxylation is 2. The lowest BCUT2D eigenvalue weighted by atomic mass is 9.97. The van der Waals surface area contributed by atoms with Gasteiger partial charge in [0.1, 0.15) is 29.3 Å². The fraction of sp³-hybridized carbons (Fsp3) is 0.355. The molecule has 44 heavy (non-hydrogen) atoms. The maximum absolute atomic E-state index is 15.4. The number of hydrogen-bond acceptors (Lipinski definition) is 8. The van der Waals surface area contributed by atoms with Crippen LogP contribution < -0.4 is 15.3 Å². The molecule has 0 N–H and O–H groups in total. The van der Waals surface area contributed by atoms with Gasteiger partial charge in [0.2, 0.25) is 5.91 Å². The highest BCUT2D eigenvalue weighted by Crippen LogP contribution is 2.45. The zero-order chi connectivity index (χ0) is 31.4. The zero-order valence-electron chi connectivity index (χ0n) is 24.6. The summed E-state index contributed by atoms with van der Waals surface area (Å²) in [4.78, 5) is 35.4. The van der Waals surface area contributed by atoms with Gasteiger partial charge in [-0.3, -0.25) is 9.36 Å². The number of halogens is 3. The van der Waals surface area contributed by atoms with Crippen molar-refractivity contribution < 1.29 is 22.8 Å². The molecule has 6 rings (SSSR count). The van der Waals surface area contributed by atoms with Crippen molar-refractivity contribution in [2.24, 2.45) is 0 Å². The Balaban J connectivity index is 1.55. The van der Waals surface area contributed by atoms with Gasteiger partial charge in [-0.15, -0.1) is 11.8 Å². The van der Waals surface area contributed by atoms with Crippen LogP contribution in [0.15, 0.2) is 51.1 Å². The molecule has 0 radical (unpaired) electrons. The van der Waals surface area contributed by atoms with Crippen molar-refractivity contribution in [3.05, 3.63) is 75.4 Å². The van der Waals surface area contributed by atoms with Crippen LogP contribution in [-0.2, 0) is 11.3 Å². The number of hydrogen-bond donors (Lipinski definition) is 0. The van der Waals surface area contributed by atoms with Gasteiger partial charge >= 0.3 is 5.69 Å². The number of benzene rings is 2. The third-order valence-corrected chi connectivity index (χ3v) is 9.53. The number of thioether (sulfide) groups is 1. The molecule has 9 nitrogen and oxygen atoms in total. The van der Waals surface area contributed by atoms with Crippen LogP contribution in [0.5, 0.6) is 5.88 Å². The first kappa shape index (κ1) is 30.1. The second-order valence-corrected chi connectivity index (χ2v) is 12.7. The summed E-state index contributed by atoms with van der Waals surface area (Å²) in [6.07, 6.45) is 0.801. The fourth-order valence-electron chi connectivity index (χ4n) is 6.23. The van der Waals surface area contributed by atoms with Crippen LogP contribution >= 0.6 is 23.4 Å². The van der Waals surface area contributed by atoms with E-state index in [0.29, 0.717) is 57.3 Å². The van der Waals surface area contributed by atoms with E-state index >= 15 is 4.39 Å². The summed E-state index contributed by atoms with van der Waals surface area (Å²) in [5.41, 5.74) is 1.40. The van der Waals surface area contributed by atoms with E-state index in [1.54, 1.807) is 22.5 Å². The summed E-state index contributed by atoms with van der Waals surface area (Å²) in [6, 6.07) is 5.24. The van der Waals surface area contributed by atoms with Gasteiger partial charge in [0.25, 0.3) is 5.88 Å². The number of carbonyl (C=O) groups is 1. The average Bonchev–Trinajstić information content (AvgIpc) is 3.28. The molecule has 0 aliphatic carbocycles. The lowest BCUT2D eigenvalue weighted by molar-refractivity contribution is -0.130. The summed E-state index contributed by atoms with van der Waals surface area (Å²) >= 11 is 7.53. The summed E-state index contributed by atoms with van der Waals surface area (Å²) in [6.45, 7) is 12.1. The van der Waals surface area contributed by atoms with Crippen LogP contribution in [0.2, 0.25) is 5.02 Å². The van der Waals surface area contributed by atoms with Crippen molar-refractivity contribution in [3.63, 3.8) is 0 Å². The molecule has 2 aromatic carbocycles. The van der Waals surface area contributed by atoms with E-state index in [0.717, 1.165) is 6.07 Å². The number of amides is 1. The molecule has 4 aromatic rings. The highest BCUT2D eigenvalue weighted by atomic mass is 35.5. The number of aromatic nitrogens is 3. The molecule has 1 amide bonds. The minimum Gasteiger partial charge on any atom is -0.469 e. The molecule has 2 aliphatic heterocycles. The van der Waals surface area contributed by atoms with Crippen molar-refractivity contribution >= 4 is 46.0 Å². The van der Waals surface area contributed by atoms with Gasteiger partial charge in [0.15, 0.2) is 0 Å². The van der Waals surface area contributed by atoms with E-state index in [-0.39, 0.29) is 41.0 Å². The number of anilines is 1. The SMILES string of the molecule is C=CC(=O)N1[C@H](C)CN(c2nc(=O)n3c4c(c(-c5cc(Cl)c(F)cc5F)c(C)cc24)SC[C@@H](Oc2cc(C)on2)C3)C[C@@H]1C. The van der Waals surface area contributed by atoms with Gasteiger partial charge < -0.3 is 19.1 Å². The number of ether oxygens (including phenoxy) is 1. The summed E-state index contributed by atoms with van der Waals surface area (Å²) in [5.74, 6) is -0.0498. The summed E-state index contributed by atoms with van der Waals surface area (Å²) < 4.78 is 42.4. The molecule has 0 bridgehead atoms. The van der Waals surface area contributed by atoms with Crippen molar-refractivity contribution in [3.8, 4) is 17.0 Å². The Hall–Kier alpha value is -3.90. The van der Waals surface area contributed by atoms with Crippen molar-refractivity contribution in [1.29, 1.82) is 0 Å². The van der Waals surface area contributed by atoms with E-state index in [2.05, 4.69) is 16.7 Å². The van der Waals surface area contributed by atoms with Crippen LogP contribution in [0, 0.1) is 25.5 Å². The summed E-state index contributed by atoms with van der Waals surface area (Å²) in [7, 11) is 0. The number of piperazine rings is 1. The molecule has 3 atom stereocenters. The average molecular weight is 642 g/mol. The normalized spacial score (nSPS) is 20.1. The maximum Gasteiger partial charge on any atom is 0.350 e. The topological polar surface area (TPSA) is 93.7 Å². The highest BCUT2D eigenvalue weighted by Gasteiger charge is 2.35. The predicted octanol–water partition coefficient (Wildman–Crippen LogP) is 5.76. The second kappa shape index (κ2) is 11.6. The molecule has 13 heteroatoms. The van der Waals surface area contributed by atoms with Gasteiger partial charge in [-0.2, -0.15) is 4.98 Å². The zero-order valence-corrected chi connectivity index (χ0v) is 26.1. The van der Waals surface area contributed by atoms with Gasteiger partial charge in [-0.05, 0) is 56.6 Å². The first-order chi connectivity index (χ1) is 21.0. The van der Waals surface area contributed by atoms with Gasteiger partial charge in [0, 0.05) is 64.5 Å². The molecule has 4 heterocycles. The molecule has 2 aliphatic rings. The molecule has 2 aromatic heterocycles. The summed E-state index contributed by atoms with van der Waals surface area (Å²) in [5, 5.41) is 4.42. The van der Waals surface area contributed by atoms with Crippen molar-refractivity contribution in [1.82, 2.24) is 19.6 Å². The molecular weight excluding hydrogens is 612 g/mol. The largest absolute Gasteiger partial charge is 0.469 e. The van der Waals surface area contributed by atoms with Gasteiger partial charge in [0.05, 0.1) is 17.1 Å². The van der Waals surface area contributed by atoms with Gasteiger partial charge in [-0.25, -0.2) is 13.6 Å². The van der Waals surface area contributed by atoms with E-state index in [4.69, 9.17) is 20.9 Å². The van der Waals surface area contributed by atoms with Crippen LogP contribution in [0.25, 0.3) is 22.0 Å². The van der Waals surface area contributed by atoms with Gasteiger partial charge in [-0.1, -0.05) is 18.2 Å². The molecular formula is C31H30ClF2N5O4S. The minimum absolute atomic E-state index is 0.126. The predicted molar refractivity (Wildman–Crippen MR) is 166 cm³/mol. The number of nitrogens with zero attached hydrogens (tertiary/aromatic N) is 5. The Morgan fingerprint density at radius 1 is 1.14 bits per heavy atom. The molecule has 0 saturated carbocycles. The molecule has 230 valence electrons. The Morgan fingerprint density at radius 2 is 1.86 bits per heavy atom. The lowest BCUT2D eigenvalue weighted by Crippen LogP contribution is -2.58. The lowest BCUT2D eigenvalue weighted by Gasteiger charge is -2.44. The third kappa shape index (κ3) is 5.23. The van der Waals surface area contributed by atoms with E-state index < -0.39 is 23.4 Å². The number of carbonyl (C=O) groups excluding carboxylic acids is 1. The highest BCUT2D eigenvalue weighted by molar-refractivity contribution is 7.99. The second-order valence-electron chi connectivity index (χ2n) is 11.2. The quantitative estimate of drug-likeness (QED) is 0.201. The van der Waals surface area contributed by atoms with Crippen LogP contribution in [0.1, 0.15) is 25.2 Å². The Labute approximate surface area is 261 Å². The molecule has 1 saturated heterocycles. The monoisotopic (exact) mass is 641 g/mol. The fourth-order valence-corrected chi connectivity index (χ4v) is 7.69. The van der Waals surface area contributed by atoms with Crippen molar-refractivity contribution in [2.45, 2.75) is 57.3 Å². The van der Waals surface area contributed by atoms with Crippen LogP contribution in [0.3, 0.4) is 0 Å². The van der Waals surface area contributed by atoms with Crippen molar-refractivity contribution in [2.75, 3.05) is 23.7 Å². The first-order valence-corrected chi connectivity index (χ1v) is 15.5. The maximum atomic E-state index is 15.4. The molecule has 0 spiro atoms. The van der Waals surface area contributed by atoms with E-state index in [1.807, 2.05) is 31.7 Å². The van der Waals surface area contributed by atoms with Crippen LogP contribution in [-0.4, -0.2) is 62.5 Å². The Kier molecular flexibility index (Phi) is 7.91. The minimum atomic E-state index is -0.859. The standard InChI is InChI=1S/C31H30ClF2N5O4S/c1-6-26(40)39-16(3)11-37(12-17(39)4)30-21-7-15(2)27(20-9-22(32)24(34)10-23(20)33)29-28(21)38(31(41)35-30)13-19(14-44-29)42-25-8-18(5)43-36-25/h6-10,16-17,19H,1,11-14H2,2-5H3/t16-,17+,19-/m0/s1. The Morgan fingerprint density at radius 3 is 2.52 bits per heavy atom. The number of rotatable bonds is 5. The van der Waals surface area contributed by atoms with E-state index in [9.17, 15) is 14.0 Å². The smallest absolute Gasteiger partial charge is 0.350 e. The third-order valence-electron chi connectivity index (χ3n) is 8.02. The van der Waals surface area contributed by atoms with Crippen LogP contribution in [0.4, 0.5) is 14.6 Å². The Bertz CT molecular complexity index is 1870. The molecule has 0 unspecified atom stereocenters. The first-order valence-electron chi connectivity index (χ1n) is 14.1.